The summed E-state index contributed by atoms with van der Waals surface area (Å²) < 4.78 is 0. The molecule has 1 aliphatic carbocycles. The van der Waals surface area contributed by atoms with Crippen LogP contribution in [0.3, 0.4) is 0 Å². The molecule has 2 heteroatoms. The molecule has 1 fully saturated rings. The van der Waals surface area contributed by atoms with Crippen LogP contribution in [0.25, 0.3) is 0 Å². The smallest absolute Gasteiger partial charge is 0.0552 e. The fourth-order valence-corrected chi connectivity index (χ4v) is 1.55. The monoisotopic (exact) mass is 162 g/mol. The standard InChI is InChI=1S/C10H14N2/c1-12(9-4-2-5-9)10-6-3-7-11-8-10/h3,6-9H,2,4-5H2,1H3. The zero-order valence-electron chi connectivity index (χ0n) is 7.40. The lowest BCUT2D eigenvalue weighted by Gasteiger charge is -2.36. The van der Waals surface area contributed by atoms with Gasteiger partial charge in [-0.3, -0.25) is 4.98 Å². The first-order chi connectivity index (χ1) is 5.88. The molecule has 0 aromatic carbocycles. The van der Waals surface area contributed by atoms with Gasteiger partial charge in [0.1, 0.15) is 0 Å². The quantitative estimate of drug-likeness (QED) is 0.661. The average molecular weight is 162 g/mol. The zero-order valence-corrected chi connectivity index (χ0v) is 7.40. The van der Waals surface area contributed by atoms with E-state index in [4.69, 9.17) is 0 Å². The molecule has 64 valence electrons. The molecular formula is C10H14N2. The van der Waals surface area contributed by atoms with E-state index >= 15 is 0 Å². The van der Waals surface area contributed by atoms with Gasteiger partial charge in [0.15, 0.2) is 0 Å². The maximum atomic E-state index is 4.10. The fraction of sp³-hybridized carbons (Fsp3) is 0.500. The molecule has 2 nitrogen and oxygen atoms in total. The third-order valence-corrected chi connectivity index (χ3v) is 2.68. The zero-order chi connectivity index (χ0) is 8.39. The number of anilines is 1. The van der Waals surface area contributed by atoms with E-state index < -0.39 is 0 Å². The van der Waals surface area contributed by atoms with Crippen molar-refractivity contribution in [3.8, 4) is 0 Å². The lowest BCUT2D eigenvalue weighted by Crippen LogP contribution is -2.37. The minimum absolute atomic E-state index is 0.759. The van der Waals surface area contributed by atoms with Crippen LogP contribution in [0.4, 0.5) is 5.69 Å². The lowest BCUT2D eigenvalue weighted by atomic mass is 9.92. The highest BCUT2D eigenvalue weighted by atomic mass is 15.1. The summed E-state index contributed by atoms with van der Waals surface area (Å²) in [6.45, 7) is 0. The van der Waals surface area contributed by atoms with Crippen molar-refractivity contribution >= 4 is 5.69 Å². The summed E-state index contributed by atoms with van der Waals surface area (Å²) >= 11 is 0. The first kappa shape index (κ1) is 7.59. The molecule has 0 unspecified atom stereocenters. The van der Waals surface area contributed by atoms with Gasteiger partial charge in [0.2, 0.25) is 0 Å². The summed E-state index contributed by atoms with van der Waals surface area (Å²) in [5.74, 6) is 0. The van der Waals surface area contributed by atoms with Gasteiger partial charge in [-0.2, -0.15) is 0 Å². The van der Waals surface area contributed by atoms with Gasteiger partial charge >= 0.3 is 0 Å². The molecule has 0 radical (unpaired) electrons. The summed E-state index contributed by atoms with van der Waals surface area (Å²) in [4.78, 5) is 6.43. The van der Waals surface area contributed by atoms with Crippen molar-refractivity contribution in [3.05, 3.63) is 24.5 Å². The lowest BCUT2D eigenvalue weighted by molar-refractivity contribution is 0.401. The van der Waals surface area contributed by atoms with Crippen molar-refractivity contribution < 1.29 is 0 Å². The van der Waals surface area contributed by atoms with Gasteiger partial charge in [-0.15, -0.1) is 0 Å². The molecule has 1 aliphatic rings. The Bertz CT molecular complexity index is 241. The van der Waals surface area contributed by atoms with Crippen LogP contribution >= 0.6 is 0 Å². The second kappa shape index (κ2) is 3.13. The molecule has 12 heavy (non-hydrogen) atoms. The molecule has 1 heterocycles. The number of rotatable bonds is 2. The molecular weight excluding hydrogens is 148 g/mol. The second-order valence-electron chi connectivity index (χ2n) is 3.41. The molecule has 0 spiro atoms. The highest BCUT2D eigenvalue weighted by Gasteiger charge is 2.21. The van der Waals surface area contributed by atoms with E-state index in [0.717, 1.165) is 6.04 Å². The van der Waals surface area contributed by atoms with Crippen LogP contribution in [-0.4, -0.2) is 18.1 Å². The Balaban J connectivity index is 2.08. The van der Waals surface area contributed by atoms with Crippen LogP contribution in [0, 0.1) is 0 Å². The van der Waals surface area contributed by atoms with Crippen molar-refractivity contribution in [2.75, 3.05) is 11.9 Å². The van der Waals surface area contributed by atoms with Crippen LogP contribution in [0.2, 0.25) is 0 Å². The van der Waals surface area contributed by atoms with E-state index in [1.54, 1.807) is 0 Å². The number of hydrogen-bond donors (Lipinski definition) is 0. The van der Waals surface area contributed by atoms with E-state index in [0.29, 0.717) is 0 Å². The van der Waals surface area contributed by atoms with E-state index in [1.807, 2.05) is 18.5 Å². The van der Waals surface area contributed by atoms with E-state index in [-0.39, 0.29) is 0 Å². The summed E-state index contributed by atoms with van der Waals surface area (Å²) in [6, 6.07) is 4.87. The maximum Gasteiger partial charge on any atom is 0.0552 e. The fourth-order valence-electron chi connectivity index (χ4n) is 1.55. The molecule has 0 bridgehead atoms. The van der Waals surface area contributed by atoms with Crippen molar-refractivity contribution in [2.45, 2.75) is 25.3 Å². The van der Waals surface area contributed by atoms with E-state index in [9.17, 15) is 0 Å². The normalized spacial score (nSPS) is 17.1. The van der Waals surface area contributed by atoms with Crippen molar-refractivity contribution in [2.24, 2.45) is 0 Å². The minimum Gasteiger partial charge on any atom is -0.370 e. The van der Waals surface area contributed by atoms with Gasteiger partial charge in [-0.05, 0) is 31.4 Å². The predicted molar refractivity (Wildman–Crippen MR) is 50.3 cm³/mol. The van der Waals surface area contributed by atoms with Gasteiger partial charge in [0, 0.05) is 19.3 Å². The molecule has 2 rings (SSSR count). The summed E-state index contributed by atoms with van der Waals surface area (Å²) in [6.07, 6.45) is 7.81. The number of nitrogens with zero attached hydrogens (tertiary/aromatic N) is 2. The summed E-state index contributed by atoms with van der Waals surface area (Å²) in [5, 5.41) is 0. The Labute approximate surface area is 73.2 Å². The molecule has 0 saturated heterocycles. The molecule has 0 aliphatic heterocycles. The first-order valence-corrected chi connectivity index (χ1v) is 4.51. The first-order valence-electron chi connectivity index (χ1n) is 4.51. The molecule has 0 atom stereocenters. The number of hydrogen-bond acceptors (Lipinski definition) is 2. The van der Waals surface area contributed by atoms with Crippen molar-refractivity contribution in [1.29, 1.82) is 0 Å². The Kier molecular flexibility index (Phi) is 1.98. The molecule has 1 saturated carbocycles. The Morgan fingerprint density at radius 2 is 2.33 bits per heavy atom. The Hall–Kier alpha value is -1.05. The highest BCUT2D eigenvalue weighted by molar-refractivity contribution is 5.44. The van der Waals surface area contributed by atoms with Crippen molar-refractivity contribution in [1.82, 2.24) is 4.98 Å². The maximum absolute atomic E-state index is 4.10. The van der Waals surface area contributed by atoms with Gasteiger partial charge in [-0.25, -0.2) is 0 Å². The van der Waals surface area contributed by atoms with Crippen LogP contribution in [-0.2, 0) is 0 Å². The van der Waals surface area contributed by atoms with E-state index in [1.165, 1.54) is 24.9 Å². The Morgan fingerprint density at radius 3 is 2.83 bits per heavy atom. The van der Waals surface area contributed by atoms with Crippen LogP contribution in [0.5, 0.6) is 0 Å². The topological polar surface area (TPSA) is 16.1 Å². The average Bonchev–Trinajstić information content (AvgIpc) is 2.03. The van der Waals surface area contributed by atoms with Crippen molar-refractivity contribution in [3.63, 3.8) is 0 Å². The van der Waals surface area contributed by atoms with Gasteiger partial charge in [-0.1, -0.05) is 0 Å². The third-order valence-electron chi connectivity index (χ3n) is 2.68. The van der Waals surface area contributed by atoms with Gasteiger partial charge < -0.3 is 4.90 Å². The number of pyridine rings is 1. The number of aromatic nitrogens is 1. The predicted octanol–water partition coefficient (Wildman–Crippen LogP) is 2.07. The van der Waals surface area contributed by atoms with Gasteiger partial charge in [0.05, 0.1) is 11.9 Å². The summed E-state index contributed by atoms with van der Waals surface area (Å²) in [5.41, 5.74) is 1.24. The second-order valence-corrected chi connectivity index (χ2v) is 3.41. The van der Waals surface area contributed by atoms with Gasteiger partial charge in [0.25, 0.3) is 0 Å². The third kappa shape index (κ3) is 1.29. The molecule has 1 aromatic rings. The minimum atomic E-state index is 0.759. The Morgan fingerprint density at radius 1 is 1.50 bits per heavy atom. The van der Waals surface area contributed by atoms with Crippen LogP contribution in [0.15, 0.2) is 24.5 Å². The molecule has 0 amide bonds. The largest absolute Gasteiger partial charge is 0.370 e. The summed E-state index contributed by atoms with van der Waals surface area (Å²) in [7, 11) is 2.15. The van der Waals surface area contributed by atoms with Crippen LogP contribution < -0.4 is 4.90 Å². The highest BCUT2D eigenvalue weighted by Crippen LogP contribution is 2.27. The SMILES string of the molecule is CN(c1cccnc1)C1CCC1. The van der Waals surface area contributed by atoms with E-state index in [2.05, 4.69) is 23.0 Å². The van der Waals surface area contributed by atoms with Crippen LogP contribution in [0.1, 0.15) is 19.3 Å². The molecule has 1 aromatic heterocycles. The molecule has 0 N–H and O–H groups in total.